The smallest absolute Gasteiger partial charge is 0.272 e. The molecule has 28 heteroatoms. The van der Waals surface area contributed by atoms with Gasteiger partial charge in [-0.1, -0.05) is 271 Å². The van der Waals surface area contributed by atoms with Gasteiger partial charge in [-0.25, -0.2) is 9.98 Å². The van der Waals surface area contributed by atoms with Gasteiger partial charge in [0.05, 0.1) is 77.2 Å². The SMILES string of the molecule is CN1C(=O)C(Cc2ccc3ccccc3c2)NC(=O)c2cc(Cl)ccc21.NC1N=C(c2ccc(O)cc2)c2cc(Cl)ccc2N(Cc2ccc(-c3ccccc3)cc2)C1=O.O=C(CNC(=O)c1ccccc1)NC1N=C(c2ccc(O)cc2)c2cc(Cl)ccc2N(Cc2ccc(-c3ccccc3)cc2)C1=O.O=C(NC1N=C(c2ccc(O)cc2)c2cc(Cl)ccc2N(Cc2ccc(-c3ccccc3)cc2)C1=O)c1cccnc1. The molecule has 732 valence electrons. The van der Waals surface area contributed by atoms with Crippen LogP contribution in [0.5, 0.6) is 17.2 Å². The van der Waals surface area contributed by atoms with E-state index in [4.69, 9.17) is 62.1 Å². The number of pyridine rings is 1. The van der Waals surface area contributed by atoms with Crippen LogP contribution in [0.2, 0.25) is 20.1 Å². The lowest BCUT2D eigenvalue weighted by molar-refractivity contribution is -0.126. The Kier molecular flexibility index (Phi) is 31.1. The first-order valence-electron chi connectivity index (χ1n) is 47.2. The molecule has 16 aromatic carbocycles. The molecule has 4 aliphatic heterocycles. The highest BCUT2D eigenvalue weighted by Crippen LogP contribution is 2.39. The van der Waals surface area contributed by atoms with E-state index in [2.05, 4.69) is 49.4 Å². The molecular formula is C120H93Cl4N13O11. The zero-order valence-corrected chi connectivity index (χ0v) is 82.3. The molecule has 8 amide bonds. The van der Waals surface area contributed by atoms with Crippen LogP contribution < -0.4 is 46.6 Å². The highest BCUT2D eigenvalue weighted by molar-refractivity contribution is 6.34. The fourth-order valence-corrected chi connectivity index (χ4v) is 18.3. The topological polar surface area (TPSA) is 334 Å². The predicted octanol–water partition coefficient (Wildman–Crippen LogP) is 21.4. The van der Waals surface area contributed by atoms with Crippen LogP contribution in [0.15, 0.2) is 422 Å². The van der Waals surface area contributed by atoms with E-state index in [0.717, 1.165) is 72.0 Å². The van der Waals surface area contributed by atoms with Gasteiger partial charge in [-0.3, -0.25) is 48.3 Å². The molecule has 0 aliphatic carbocycles. The van der Waals surface area contributed by atoms with Gasteiger partial charge >= 0.3 is 0 Å². The van der Waals surface area contributed by atoms with E-state index >= 15 is 0 Å². The highest BCUT2D eigenvalue weighted by atomic mass is 35.5. The highest BCUT2D eigenvalue weighted by Gasteiger charge is 2.39. The summed E-state index contributed by atoms with van der Waals surface area (Å²) in [6.07, 6.45) is -0.197. The standard InChI is InChI=1S/C37H29ClN4O4.C34H25ClN4O3.C28H22ClN3O2.C21H17ClN2O2/c38-29-17-20-32-31(21-29)34(27-15-18-30(43)19-16-27)41-35(40-33(44)22-39-36(45)28-9-5-2-6-10-28)37(46)42(32)23-24-11-13-26(14-12-24)25-7-3-1-4-8-25;35-27-14-17-30-29(19-27)31(25-12-15-28(40)16-13-25)37-32(38-33(41)26-7-4-18-36-20-26)34(42)39(30)21-22-8-10-24(11-9-22)23-5-2-1-3-6-23;29-22-12-15-25-24(16-22)26(21-10-13-23(33)14-11-21)31-27(30)28(34)32(25)17-18-6-8-20(9-7-18)19-4-2-1-3-5-19;1-24-19-9-8-16(22)12-17(19)20(25)23-18(21(24)26)11-13-6-7-14-4-2-3-5-15(14)10-13/h1-21,35,43H,22-23H2,(H,39,45)(H,40,44);1-20,32,40H,21H2,(H,38,41);1-16,27,33H,17,30H2;2-10,12,18H,11H2,1H3,(H,23,25). The molecule has 5 heterocycles. The van der Waals surface area contributed by atoms with E-state index in [1.165, 1.54) is 23.2 Å². The number of nitrogens with zero attached hydrogens (tertiary/aromatic N) is 8. The molecule has 148 heavy (non-hydrogen) atoms. The Morgan fingerprint density at radius 1 is 0.345 bits per heavy atom. The van der Waals surface area contributed by atoms with Crippen molar-refractivity contribution in [1.82, 2.24) is 26.3 Å². The second-order valence-electron chi connectivity index (χ2n) is 35.1. The molecular weight excluding hydrogens is 1940 g/mol. The van der Waals surface area contributed by atoms with Gasteiger partial charge in [-0.15, -0.1) is 0 Å². The fraction of sp³-hybridized carbons (Fsp3) is 0.0833. The van der Waals surface area contributed by atoms with Gasteiger partial charge < -0.3 is 61.9 Å². The molecule has 0 fully saturated rings. The van der Waals surface area contributed by atoms with Gasteiger partial charge in [-0.2, -0.15) is 0 Å². The van der Waals surface area contributed by atoms with Crippen molar-refractivity contribution in [2.24, 2.45) is 20.7 Å². The second kappa shape index (κ2) is 45.9. The van der Waals surface area contributed by atoms with Crippen molar-refractivity contribution in [3.05, 3.63) is 499 Å². The molecule has 4 aliphatic rings. The lowest BCUT2D eigenvalue weighted by Crippen LogP contribution is -2.49. The van der Waals surface area contributed by atoms with Crippen LogP contribution in [0.25, 0.3) is 44.2 Å². The van der Waals surface area contributed by atoms with Crippen molar-refractivity contribution >= 4 is 144 Å². The summed E-state index contributed by atoms with van der Waals surface area (Å²) in [7, 11) is 1.68. The number of likely N-dealkylation sites (N-methyl/N-ethyl adjacent to an activating group) is 1. The van der Waals surface area contributed by atoms with Crippen molar-refractivity contribution in [1.29, 1.82) is 0 Å². The zero-order chi connectivity index (χ0) is 103. The van der Waals surface area contributed by atoms with E-state index in [1.807, 2.05) is 194 Å². The molecule has 0 saturated heterocycles. The van der Waals surface area contributed by atoms with Gasteiger partial charge in [0.25, 0.3) is 35.4 Å². The Bertz CT molecular complexity index is 7930. The third kappa shape index (κ3) is 23.8. The van der Waals surface area contributed by atoms with E-state index in [0.29, 0.717) is 117 Å². The zero-order valence-electron chi connectivity index (χ0n) is 79.3. The van der Waals surface area contributed by atoms with Gasteiger partial charge in [0.1, 0.15) is 23.3 Å². The molecule has 0 radical (unpaired) electrons. The Hall–Kier alpha value is -17.8. The number of anilines is 4. The molecule has 9 N–H and O–H groups in total. The monoisotopic (exact) mass is 2030 g/mol. The largest absolute Gasteiger partial charge is 0.508 e. The molecule has 0 saturated carbocycles. The number of benzodiazepines with no additional fused rings is 3. The van der Waals surface area contributed by atoms with Crippen molar-refractivity contribution < 1.29 is 53.7 Å². The number of hydrogen-bond donors (Lipinski definition) is 8. The number of aromatic hydroxyl groups is 3. The van der Waals surface area contributed by atoms with Gasteiger partial charge in [0, 0.05) is 84.9 Å². The number of benzene rings is 16. The minimum atomic E-state index is -1.32. The maximum atomic E-state index is 14.3. The summed E-state index contributed by atoms with van der Waals surface area (Å²) in [5.41, 5.74) is 25.3. The van der Waals surface area contributed by atoms with Crippen LogP contribution in [-0.2, 0) is 50.0 Å². The van der Waals surface area contributed by atoms with E-state index < -0.39 is 54.1 Å². The van der Waals surface area contributed by atoms with Crippen molar-refractivity contribution in [3.8, 4) is 50.6 Å². The number of halogens is 4. The fourth-order valence-electron chi connectivity index (χ4n) is 17.6. The molecule has 1 aromatic heterocycles. The first-order chi connectivity index (χ1) is 71.8. The minimum Gasteiger partial charge on any atom is -0.508 e. The van der Waals surface area contributed by atoms with E-state index in [1.54, 1.807) is 198 Å². The number of hydrogen-bond acceptors (Lipinski definition) is 16. The molecule has 24 nitrogen and oxygen atoms in total. The number of carbonyl (C=O) groups excluding carboxylic acids is 8. The number of nitrogens with two attached hydrogens (primary N) is 1. The molecule has 4 atom stereocenters. The number of phenols is 3. The number of rotatable bonds is 20. The van der Waals surface area contributed by atoms with Gasteiger partial charge in [0.2, 0.25) is 24.1 Å². The summed E-state index contributed by atoms with van der Waals surface area (Å²) < 4.78 is 0. The molecule has 0 spiro atoms. The number of fused-ring (bicyclic) bond motifs is 5. The number of aromatic nitrogens is 1. The maximum absolute atomic E-state index is 14.3. The summed E-state index contributed by atoms with van der Waals surface area (Å²) in [6.45, 7) is 0.411. The first kappa shape index (κ1) is 100. The maximum Gasteiger partial charge on any atom is 0.272 e. The first-order valence-corrected chi connectivity index (χ1v) is 48.7. The lowest BCUT2D eigenvalue weighted by Gasteiger charge is -2.26. The summed E-state index contributed by atoms with van der Waals surface area (Å²) in [4.78, 5) is 131. The van der Waals surface area contributed by atoms with Crippen molar-refractivity contribution in [3.63, 3.8) is 0 Å². The number of aliphatic imine (C=N–C) groups is 3. The van der Waals surface area contributed by atoms with Crippen LogP contribution >= 0.6 is 46.4 Å². The molecule has 17 aromatic rings. The van der Waals surface area contributed by atoms with Crippen LogP contribution in [0.3, 0.4) is 0 Å². The molecule has 21 rings (SSSR count). The Balaban J connectivity index is 0.000000132. The van der Waals surface area contributed by atoms with Gasteiger partial charge in [-0.05, 0) is 236 Å². The Morgan fingerprint density at radius 3 is 1.13 bits per heavy atom. The Labute approximate surface area is 872 Å². The Morgan fingerprint density at radius 2 is 0.703 bits per heavy atom. The normalized spacial score (nSPS) is 15.0. The second-order valence-corrected chi connectivity index (χ2v) is 36.8. The average Bonchev–Trinajstić information content (AvgIpc) is 1.63. The number of phenolic OH excluding ortho intramolecular Hbond substituents is 3. The van der Waals surface area contributed by atoms with E-state index in [9.17, 15) is 53.7 Å². The summed E-state index contributed by atoms with van der Waals surface area (Å²) in [5, 5.41) is 44.6. The van der Waals surface area contributed by atoms with Crippen molar-refractivity contribution in [2.45, 2.75) is 50.6 Å². The summed E-state index contributed by atoms with van der Waals surface area (Å²) in [5.74, 6) is -2.78. The van der Waals surface area contributed by atoms with E-state index in [-0.39, 0.29) is 54.6 Å². The quantitative estimate of drug-likeness (QED) is 0.0352. The van der Waals surface area contributed by atoms with Crippen LogP contribution in [0, 0.1) is 0 Å². The average molecular weight is 2030 g/mol. The number of nitrogens with one attached hydrogen (secondary N) is 4. The predicted molar refractivity (Wildman–Crippen MR) is 583 cm³/mol. The van der Waals surface area contributed by atoms with Crippen LogP contribution in [0.1, 0.15) is 86.7 Å². The third-order valence-corrected chi connectivity index (χ3v) is 26.1. The summed E-state index contributed by atoms with van der Waals surface area (Å²) in [6, 6.07) is 120. The number of carbonyl (C=O) groups is 8. The van der Waals surface area contributed by atoms with Crippen molar-refractivity contribution in [2.75, 3.05) is 33.2 Å². The number of amides is 8. The molecule has 4 unspecified atom stereocenters. The van der Waals surface area contributed by atoms with Gasteiger partial charge in [0.15, 0.2) is 6.17 Å². The van der Waals surface area contributed by atoms with Crippen LogP contribution in [-0.4, -0.2) is 123 Å². The molecule has 0 bridgehead atoms. The van der Waals surface area contributed by atoms with Crippen LogP contribution in [0.4, 0.5) is 22.7 Å². The minimum absolute atomic E-state index is 0.0694. The summed E-state index contributed by atoms with van der Waals surface area (Å²) >= 11 is 25.3. The lowest BCUT2D eigenvalue weighted by atomic mass is 9.99. The third-order valence-electron chi connectivity index (χ3n) is 25.1.